The number of benzene rings is 1. The number of nitrogens with zero attached hydrogens (tertiary/aromatic N) is 2. The fourth-order valence-corrected chi connectivity index (χ4v) is 3.65. The maximum absolute atomic E-state index is 12.6. The van der Waals surface area contributed by atoms with E-state index < -0.39 is 15.9 Å². The van der Waals surface area contributed by atoms with Crippen LogP contribution in [0.4, 0.5) is 5.69 Å². The number of ether oxygens (including phenoxy) is 1. The summed E-state index contributed by atoms with van der Waals surface area (Å²) in [6.07, 6.45) is 1.26. The molecule has 1 heterocycles. The van der Waals surface area contributed by atoms with Gasteiger partial charge in [0, 0.05) is 18.2 Å². The van der Waals surface area contributed by atoms with Crippen molar-refractivity contribution in [1.82, 2.24) is 9.78 Å². The fourth-order valence-electron chi connectivity index (χ4n) is 2.23. The van der Waals surface area contributed by atoms with Crippen molar-refractivity contribution in [3.8, 4) is 5.75 Å². The summed E-state index contributed by atoms with van der Waals surface area (Å²) in [6.45, 7) is 5.24. The lowest BCUT2D eigenvalue weighted by Gasteiger charge is -2.17. The molecule has 1 aromatic carbocycles. The van der Waals surface area contributed by atoms with Gasteiger partial charge in [-0.05, 0) is 39.0 Å². The van der Waals surface area contributed by atoms with E-state index in [4.69, 9.17) is 10.5 Å². The zero-order chi connectivity index (χ0) is 18.1. The van der Waals surface area contributed by atoms with E-state index in [1.165, 1.54) is 29.1 Å². The van der Waals surface area contributed by atoms with E-state index in [0.717, 1.165) is 0 Å². The average molecular weight is 352 g/mol. The highest BCUT2D eigenvalue weighted by Gasteiger charge is 2.23. The standard InChI is InChI=1S/C15H20N4O4S/c1-9(2)23-13-7-11(14(16)20)5-6-12(13)18-24(21,22)15-10(3)8-17-19(15)4/h5-9,18H,1-4H3,(H2,16,20). The van der Waals surface area contributed by atoms with E-state index in [-0.39, 0.29) is 28.1 Å². The minimum absolute atomic E-state index is 0.0528. The third-order valence-corrected chi connectivity index (χ3v) is 4.77. The van der Waals surface area contributed by atoms with Crippen LogP contribution in [0.15, 0.2) is 29.4 Å². The molecule has 0 spiro atoms. The van der Waals surface area contributed by atoms with Gasteiger partial charge < -0.3 is 10.5 Å². The van der Waals surface area contributed by atoms with Crippen molar-refractivity contribution in [3.63, 3.8) is 0 Å². The Kier molecular flexibility index (Phi) is 4.83. The number of amides is 1. The first-order chi connectivity index (χ1) is 11.1. The van der Waals surface area contributed by atoms with Gasteiger partial charge in [-0.3, -0.25) is 14.2 Å². The first-order valence-corrected chi connectivity index (χ1v) is 8.72. The molecule has 1 aromatic heterocycles. The summed E-state index contributed by atoms with van der Waals surface area (Å²) in [5.41, 5.74) is 6.23. The smallest absolute Gasteiger partial charge is 0.279 e. The van der Waals surface area contributed by atoms with Crippen LogP contribution in [0.2, 0.25) is 0 Å². The van der Waals surface area contributed by atoms with E-state index in [2.05, 4.69) is 9.82 Å². The van der Waals surface area contributed by atoms with Crippen molar-refractivity contribution in [2.24, 2.45) is 12.8 Å². The predicted molar refractivity (Wildman–Crippen MR) is 89.5 cm³/mol. The second kappa shape index (κ2) is 6.52. The van der Waals surface area contributed by atoms with Gasteiger partial charge in [-0.25, -0.2) is 0 Å². The monoisotopic (exact) mass is 352 g/mol. The first kappa shape index (κ1) is 17.8. The van der Waals surface area contributed by atoms with Crippen LogP contribution in [-0.2, 0) is 17.1 Å². The molecular weight excluding hydrogens is 332 g/mol. The fraction of sp³-hybridized carbons (Fsp3) is 0.333. The summed E-state index contributed by atoms with van der Waals surface area (Å²) >= 11 is 0. The lowest BCUT2D eigenvalue weighted by Crippen LogP contribution is -2.19. The summed E-state index contributed by atoms with van der Waals surface area (Å²) in [5, 5.41) is 3.99. The summed E-state index contributed by atoms with van der Waals surface area (Å²) in [5.74, 6) is -0.398. The zero-order valence-electron chi connectivity index (χ0n) is 13.9. The Hall–Kier alpha value is -2.55. The SMILES string of the molecule is Cc1cnn(C)c1S(=O)(=O)Nc1ccc(C(N)=O)cc1OC(C)C. The molecule has 1 amide bonds. The maximum atomic E-state index is 12.6. The Morgan fingerprint density at radius 3 is 2.54 bits per heavy atom. The van der Waals surface area contributed by atoms with E-state index in [0.29, 0.717) is 5.56 Å². The van der Waals surface area contributed by atoms with E-state index in [1.807, 2.05) is 0 Å². The number of aryl methyl sites for hydroxylation is 2. The van der Waals surface area contributed by atoms with E-state index in [1.54, 1.807) is 27.8 Å². The molecule has 0 aliphatic heterocycles. The highest BCUT2D eigenvalue weighted by Crippen LogP contribution is 2.29. The van der Waals surface area contributed by atoms with Crippen LogP contribution in [0.3, 0.4) is 0 Å². The molecule has 2 rings (SSSR count). The largest absolute Gasteiger partial charge is 0.489 e. The number of anilines is 1. The lowest BCUT2D eigenvalue weighted by atomic mass is 10.2. The highest BCUT2D eigenvalue weighted by molar-refractivity contribution is 7.92. The maximum Gasteiger partial charge on any atom is 0.279 e. The molecule has 0 saturated heterocycles. The van der Waals surface area contributed by atoms with Crippen molar-refractivity contribution in [3.05, 3.63) is 35.5 Å². The number of hydrogen-bond acceptors (Lipinski definition) is 5. The Bertz CT molecular complexity index is 852. The normalized spacial score (nSPS) is 11.5. The molecule has 8 nitrogen and oxygen atoms in total. The highest BCUT2D eigenvalue weighted by atomic mass is 32.2. The van der Waals surface area contributed by atoms with Crippen LogP contribution in [-0.4, -0.2) is 30.2 Å². The first-order valence-electron chi connectivity index (χ1n) is 7.23. The molecule has 0 bridgehead atoms. The van der Waals surface area contributed by atoms with Crippen LogP contribution >= 0.6 is 0 Å². The van der Waals surface area contributed by atoms with Crippen LogP contribution < -0.4 is 15.2 Å². The summed E-state index contributed by atoms with van der Waals surface area (Å²) in [4.78, 5) is 11.3. The second-order valence-electron chi connectivity index (χ2n) is 5.60. The van der Waals surface area contributed by atoms with Crippen molar-refractivity contribution in [1.29, 1.82) is 0 Å². The van der Waals surface area contributed by atoms with E-state index in [9.17, 15) is 13.2 Å². The van der Waals surface area contributed by atoms with Gasteiger partial charge in [0.1, 0.15) is 5.75 Å². The lowest BCUT2D eigenvalue weighted by molar-refractivity contribution is 0.0999. The molecule has 0 saturated carbocycles. The number of carbonyl (C=O) groups excluding carboxylic acids is 1. The number of aromatic nitrogens is 2. The molecule has 0 atom stereocenters. The number of rotatable bonds is 6. The molecule has 0 aliphatic carbocycles. The molecule has 3 N–H and O–H groups in total. The van der Waals surface area contributed by atoms with Gasteiger partial charge in [-0.15, -0.1) is 0 Å². The Morgan fingerprint density at radius 1 is 1.38 bits per heavy atom. The molecule has 24 heavy (non-hydrogen) atoms. The Labute approximate surface area is 140 Å². The molecule has 0 aliphatic rings. The molecule has 2 aromatic rings. The molecule has 0 fully saturated rings. The number of sulfonamides is 1. The minimum Gasteiger partial charge on any atom is -0.489 e. The molecule has 9 heteroatoms. The van der Waals surface area contributed by atoms with Crippen molar-refractivity contribution >= 4 is 21.6 Å². The van der Waals surface area contributed by atoms with Gasteiger partial charge in [-0.1, -0.05) is 0 Å². The minimum atomic E-state index is -3.87. The Balaban J connectivity index is 2.46. The number of nitrogens with one attached hydrogen (secondary N) is 1. The third kappa shape index (κ3) is 3.67. The van der Waals surface area contributed by atoms with Crippen LogP contribution in [0.5, 0.6) is 5.75 Å². The average Bonchev–Trinajstić information content (AvgIpc) is 2.79. The topological polar surface area (TPSA) is 116 Å². The van der Waals surface area contributed by atoms with Crippen molar-refractivity contribution in [2.45, 2.75) is 31.9 Å². The van der Waals surface area contributed by atoms with Crippen molar-refractivity contribution < 1.29 is 17.9 Å². The summed E-state index contributed by atoms with van der Waals surface area (Å²) in [7, 11) is -2.32. The van der Waals surface area contributed by atoms with Crippen molar-refractivity contribution in [2.75, 3.05) is 4.72 Å². The molecule has 0 radical (unpaired) electrons. The summed E-state index contributed by atoms with van der Waals surface area (Å²) < 4.78 is 34.6. The number of hydrogen-bond donors (Lipinski definition) is 2. The quantitative estimate of drug-likeness (QED) is 0.815. The second-order valence-corrected chi connectivity index (χ2v) is 7.20. The van der Waals surface area contributed by atoms with Crippen LogP contribution in [0, 0.1) is 6.92 Å². The van der Waals surface area contributed by atoms with Gasteiger partial charge in [0.05, 0.1) is 18.0 Å². The van der Waals surface area contributed by atoms with Crippen LogP contribution in [0.1, 0.15) is 29.8 Å². The summed E-state index contributed by atoms with van der Waals surface area (Å²) in [6, 6.07) is 4.29. The number of primary amides is 1. The number of carbonyl (C=O) groups is 1. The van der Waals surface area contributed by atoms with Gasteiger partial charge >= 0.3 is 0 Å². The van der Waals surface area contributed by atoms with Gasteiger partial charge in [0.15, 0.2) is 5.03 Å². The Morgan fingerprint density at radius 2 is 2.04 bits per heavy atom. The van der Waals surface area contributed by atoms with Crippen LogP contribution in [0.25, 0.3) is 0 Å². The van der Waals surface area contributed by atoms with Gasteiger partial charge in [0.2, 0.25) is 5.91 Å². The van der Waals surface area contributed by atoms with E-state index >= 15 is 0 Å². The van der Waals surface area contributed by atoms with Gasteiger partial charge in [-0.2, -0.15) is 13.5 Å². The molecular formula is C15H20N4O4S. The third-order valence-electron chi connectivity index (χ3n) is 3.18. The molecule has 0 unspecified atom stereocenters. The molecule has 130 valence electrons. The predicted octanol–water partition coefficient (Wildman–Crippen LogP) is 1.42. The zero-order valence-corrected chi connectivity index (χ0v) is 14.7. The number of nitrogens with two attached hydrogens (primary N) is 1. The van der Waals surface area contributed by atoms with Gasteiger partial charge in [0.25, 0.3) is 10.0 Å².